The molecule has 1 nitrogen and oxygen atoms in total. The number of carbonyl (C=O) groups is 1. The van der Waals surface area contributed by atoms with Crippen molar-refractivity contribution in [1.29, 1.82) is 0 Å². The second-order valence-electron chi connectivity index (χ2n) is 5.87. The highest BCUT2D eigenvalue weighted by Gasteiger charge is 2.29. The third kappa shape index (κ3) is 2.72. The average molecular weight is 216 g/mol. The Bertz CT molecular complexity index is 394. The summed E-state index contributed by atoms with van der Waals surface area (Å²) in [4.78, 5) is 11.7. The molecule has 1 aromatic rings. The molecule has 0 bridgehead atoms. The normalized spacial score (nSPS) is 16.2. The maximum atomic E-state index is 11.7. The molecule has 0 atom stereocenters. The first kappa shape index (κ1) is 11.4. The van der Waals surface area contributed by atoms with Crippen molar-refractivity contribution in [2.75, 3.05) is 0 Å². The second kappa shape index (κ2) is 4.04. The number of rotatable bonds is 3. The van der Waals surface area contributed by atoms with Crippen molar-refractivity contribution < 1.29 is 4.79 Å². The molecule has 0 unspecified atom stereocenters. The zero-order chi connectivity index (χ0) is 11.8. The third-order valence-electron chi connectivity index (χ3n) is 3.20. The van der Waals surface area contributed by atoms with E-state index in [1.165, 1.54) is 11.1 Å². The van der Waals surface area contributed by atoms with Crippen LogP contribution in [0.25, 0.3) is 0 Å². The van der Waals surface area contributed by atoms with Crippen LogP contribution in [0.1, 0.15) is 44.7 Å². The van der Waals surface area contributed by atoms with E-state index in [-0.39, 0.29) is 5.41 Å². The molecule has 1 saturated carbocycles. The van der Waals surface area contributed by atoms with Crippen LogP contribution in [0.15, 0.2) is 24.3 Å². The molecule has 0 aromatic heterocycles. The predicted octanol–water partition coefficient (Wildman–Crippen LogP) is 3.51. The van der Waals surface area contributed by atoms with E-state index < -0.39 is 0 Å². The Balaban J connectivity index is 2.12. The Labute approximate surface area is 97.9 Å². The maximum absolute atomic E-state index is 11.7. The van der Waals surface area contributed by atoms with Crippen LogP contribution < -0.4 is 0 Å². The topological polar surface area (TPSA) is 17.1 Å². The predicted molar refractivity (Wildman–Crippen MR) is 66.6 cm³/mol. The van der Waals surface area contributed by atoms with Crippen molar-refractivity contribution in [3.63, 3.8) is 0 Å². The summed E-state index contributed by atoms with van der Waals surface area (Å²) in [6, 6.07) is 8.46. The van der Waals surface area contributed by atoms with Crippen molar-refractivity contribution in [3.8, 4) is 0 Å². The van der Waals surface area contributed by atoms with Crippen LogP contribution in [-0.4, -0.2) is 5.78 Å². The molecule has 0 spiro atoms. The lowest BCUT2D eigenvalue weighted by Crippen LogP contribution is -2.12. The monoisotopic (exact) mass is 216 g/mol. The van der Waals surface area contributed by atoms with Crippen LogP contribution in [0.3, 0.4) is 0 Å². The molecular formula is C15H20O. The molecule has 0 saturated heterocycles. The van der Waals surface area contributed by atoms with Crippen molar-refractivity contribution in [2.24, 2.45) is 5.92 Å². The van der Waals surface area contributed by atoms with E-state index >= 15 is 0 Å². The molecule has 0 heterocycles. The van der Waals surface area contributed by atoms with Gasteiger partial charge in [0.15, 0.2) is 0 Å². The van der Waals surface area contributed by atoms with Gasteiger partial charge in [0.1, 0.15) is 5.78 Å². The Morgan fingerprint density at radius 1 is 1.31 bits per heavy atom. The van der Waals surface area contributed by atoms with E-state index in [0.717, 1.165) is 12.8 Å². The lowest BCUT2D eigenvalue weighted by molar-refractivity contribution is -0.119. The van der Waals surface area contributed by atoms with Gasteiger partial charge >= 0.3 is 0 Å². The van der Waals surface area contributed by atoms with Gasteiger partial charge in [0.25, 0.3) is 0 Å². The number of ketones is 1. The Morgan fingerprint density at radius 3 is 2.56 bits per heavy atom. The van der Waals surface area contributed by atoms with Gasteiger partial charge in [-0.25, -0.2) is 0 Å². The molecule has 16 heavy (non-hydrogen) atoms. The van der Waals surface area contributed by atoms with E-state index in [1.54, 1.807) is 0 Å². The van der Waals surface area contributed by atoms with Gasteiger partial charge in [-0.15, -0.1) is 0 Å². The quantitative estimate of drug-likeness (QED) is 0.755. The Morgan fingerprint density at radius 2 is 2.00 bits per heavy atom. The van der Waals surface area contributed by atoms with Gasteiger partial charge in [0, 0.05) is 12.3 Å². The van der Waals surface area contributed by atoms with Crippen molar-refractivity contribution in [2.45, 2.75) is 45.4 Å². The summed E-state index contributed by atoms with van der Waals surface area (Å²) < 4.78 is 0. The van der Waals surface area contributed by atoms with Gasteiger partial charge < -0.3 is 0 Å². The summed E-state index contributed by atoms with van der Waals surface area (Å²) in [5, 5.41) is 0. The summed E-state index contributed by atoms with van der Waals surface area (Å²) in [5.74, 6) is 0.796. The summed E-state index contributed by atoms with van der Waals surface area (Å²) in [6.45, 7) is 6.61. The lowest BCUT2D eigenvalue weighted by Gasteiger charge is -2.19. The van der Waals surface area contributed by atoms with E-state index in [0.29, 0.717) is 18.1 Å². The third-order valence-corrected chi connectivity index (χ3v) is 3.20. The zero-order valence-corrected chi connectivity index (χ0v) is 10.4. The summed E-state index contributed by atoms with van der Waals surface area (Å²) in [6.07, 6.45) is 2.84. The van der Waals surface area contributed by atoms with E-state index in [9.17, 15) is 4.79 Å². The van der Waals surface area contributed by atoms with E-state index in [2.05, 4.69) is 45.0 Å². The molecule has 1 aliphatic rings. The largest absolute Gasteiger partial charge is 0.299 e. The van der Waals surface area contributed by atoms with Gasteiger partial charge in [0.05, 0.1) is 0 Å². The average Bonchev–Trinajstić information content (AvgIpc) is 2.99. The van der Waals surface area contributed by atoms with E-state index in [1.807, 2.05) is 0 Å². The molecule has 2 rings (SSSR count). The van der Waals surface area contributed by atoms with Crippen molar-refractivity contribution >= 4 is 5.78 Å². The smallest absolute Gasteiger partial charge is 0.140 e. The fourth-order valence-electron chi connectivity index (χ4n) is 1.90. The number of hydrogen-bond donors (Lipinski definition) is 0. The standard InChI is InChI=1S/C15H20O/c1-15(2,3)13-6-4-5-11(9-13)10-14(16)12-7-8-12/h4-6,9,12H,7-8,10H2,1-3H3. The Kier molecular flexibility index (Phi) is 2.88. The summed E-state index contributed by atoms with van der Waals surface area (Å²) in [5.41, 5.74) is 2.65. The fourth-order valence-corrected chi connectivity index (χ4v) is 1.90. The number of hydrogen-bond acceptors (Lipinski definition) is 1. The second-order valence-corrected chi connectivity index (χ2v) is 5.87. The highest BCUT2D eigenvalue weighted by molar-refractivity contribution is 5.85. The first-order valence-corrected chi connectivity index (χ1v) is 6.09. The van der Waals surface area contributed by atoms with Crippen LogP contribution in [0.2, 0.25) is 0 Å². The summed E-state index contributed by atoms with van der Waals surface area (Å²) >= 11 is 0. The number of carbonyl (C=O) groups excluding carboxylic acids is 1. The molecule has 1 fully saturated rings. The first-order chi connectivity index (χ1) is 7.47. The highest BCUT2D eigenvalue weighted by atomic mass is 16.1. The minimum absolute atomic E-state index is 0.165. The van der Waals surface area contributed by atoms with E-state index in [4.69, 9.17) is 0 Å². The maximum Gasteiger partial charge on any atom is 0.140 e. The molecule has 0 radical (unpaired) electrons. The van der Waals surface area contributed by atoms with Gasteiger partial charge in [-0.1, -0.05) is 45.0 Å². The zero-order valence-electron chi connectivity index (χ0n) is 10.4. The fraction of sp³-hybridized carbons (Fsp3) is 0.533. The van der Waals surface area contributed by atoms with Crippen LogP contribution in [0, 0.1) is 5.92 Å². The van der Waals surface area contributed by atoms with Gasteiger partial charge in [-0.05, 0) is 29.4 Å². The van der Waals surface area contributed by atoms with Gasteiger partial charge in [-0.2, -0.15) is 0 Å². The lowest BCUT2D eigenvalue weighted by atomic mass is 9.85. The van der Waals surface area contributed by atoms with Crippen LogP contribution in [-0.2, 0) is 16.6 Å². The number of benzene rings is 1. The Hall–Kier alpha value is -1.11. The molecule has 0 N–H and O–H groups in total. The molecule has 0 amide bonds. The minimum atomic E-state index is 0.165. The van der Waals surface area contributed by atoms with Gasteiger partial charge in [0.2, 0.25) is 0 Å². The number of Topliss-reactive ketones (excluding diaryl/α,β-unsaturated/α-hetero) is 1. The molecular weight excluding hydrogens is 196 g/mol. The first-order valence-electron chi connectivity index (χ1n) is 6.09. The van der Waals surface area contributed by atoms with Crippen molar-refractivity contribution in [3.05, 3.63) is 35.4 Å². The molecule has 1 heteroatoms. The SMILES string of the molecule is CC(C)(C)c1cccc(CC(=O)C2CC2)c1. The van der Waals surface area contributed by atoms with Crippen LogP contribution in [0.4, 0.5) is 0 Å². The van der Waals surface area contributed by atoms with Crippen LogP contribution in [0.5, 0.6) is 0 Å². The molecule has 0 aliphatic heterocycles. The minimum Gasteiger partial charge on any atom is -0.299 e. The molecule has 1 aliphatic carbocycles. The molecule has 86 valence electrons. The highest BCUT2D eigenvalue weighted by Crippen LogP contribution is 2.31. The molecule has 1 aromatic carbocycles. The van der Waals surface area contributed by atoms with Crippen LogP contribution >= 0.6 is 0 Å². The van der Waals surface area contributed by atoms with Crippen molar-refractivity contribution in [1.82, 2.24) is 0 Å². The summed E-state index contributed by atoms with van der Waals surface area (Å²) in [7, 11) is 0. The van der Waals surface area contributed by atoms with Gasteiger partial charge in [-0.3, -0.25) is 4.79 Å².